The standard InChI is InChI=1S/C21H22N6O4/c1-11(2)26-10-15(24-25-26)21(8-9-21)23-13-5-3-4-12-17(13)20(31)27(19(12)30)14-6-7-16(28)22-18(14)29/h3-5,10-11,14,23H,6-9H2,1-2H3,(H,22,28,29). The first kappa shape index (κ1) is 19.4. The van der Waals surface area contributed by atoms with E-state index in [4.69, 9.17) is 0 Å². The summed E-state index contributed by atoms with van der Waals surface area (Å²) in [5.74, 6) is -2.07. The van der Waals surface area contributed by atoms with Crippen LogP contribution in [-0.4, -0.2) is 49.6 Å². The van der Waals surface area contributed by atoms with E-state index < -0.39 is 35.2 Å². The molecule has 2 N–H and O–H groups in total. The van der Waals surface area contributed by atoms with Crippen molar-refractivity contribution in [1.29, 1.82) is 0 Å². The summed E-state index contributed by atoms with van der Waals surface area (Å²) >= 11 is 0. The number of amides is 4. The van der Waals surface area contributed by atoms with Gasteiger partial charge in [0, 0.05) is 18.2 Å². The molecule has 3 aliphatic rings. The van der Waals surface area contributed by atoms with E-state index in [1.54, 1.807) is 22.9 Å². The smallest absolute Gasteiger partial charge is 0.264 e. The summed E-state index contributed by atoms with van der Waals surface area (Å²) in [6, 6.07) is 4.24. The van der Waals surface area contributed by atoms with Crippen LogP contribution < -0.4 is 10.6 Å². The summed E-state index contributed by atoms with van der Waals surface area (Å²) in [5, 5.41) is 14.1. The molecule has 0 spiro atoms. The van der Waals surface area contributed by atoms with Crippen LogP contribution >= 0.6 is 0 Å². The molecule has 1 unspecified atom stereocenters. The van der Waals surface area contributed by atoms with Crippen molar-refractivity contribution < 1.29 is 19.2 Å². The first-order chi connectivity index (χ1) is 14.8. The lowest BCUT2D eigenvalue weighted by Gasteiger charge is -2.28. The zero-order chi connectivity index (χ0) is 21.9. The average Bonchev–Trinajstić information content (AvgIpc) is 3.23. The molecular formula is C21H22N6O4. The van der Waals surface area contributed by atoms with Crippen molar-refractivity contribution in [3.63, 3.8) is 0 Å². The molecule has 0 radical (unpaired) electrons. The van der Waals surface area contributed by atoms with Crippen molar-refractivity contribution in [3.05, 3.63) is 41.2 Å². The molecule has 2 fully saturated rings. The molecule has 160 valence electrons. The Morgan fingerprint density at radius 1 is 1.16 bits per heavy atom. The highest BCUT2D eigenvalue weighted by molar-refractivity contribution is 6.25. The third kappa shape index (κ3) is 3.01. The SMILES string of the molecule is CC(C)n1cc(C2(Nc3cccc4c3C(=O)N(C3CCC(=O)NC3=O)C4=O)CC2)nn1. The van der Waals surface area contributed by atoms with Gasteiger partial charge in [0.05, 0.1) is 22.9 Å². The van der Waals surface area contributed by atoms with E-state index >= 15 is 0 Å². The number of hydrogen-bond donors (Lipinski definition) is 2. The lowest BCUT2D eigenvalue weighted by atomic mass is 10.0. The van der Waals surface area contributed by atoms with Gasteiger partial charge >= 0.3 is 0 Å². The number of carbonyl (C=O) groups is 4. The fraction of sp³-hybridized carbons (Fsp3) is 0.429. The van der Waals surface area contributed by atoms with Crippen molar-refractivity contribution >= 4 is 29.3 Å². The number of aromatic nitrogens is 3. The minimum atomic E-state index is -0.987. The van der Waals surface area contributed by atoms with Gasteiger partial charge in [-0.2, -0.15) is 0 Å². The van der Waals surface area contributed by atoms with Gasteiger partial charge in [-0.1, -0.05) is 11.3 Å². The lowest BCUT2D eigenvalue weighted by Crippen LogP contribution is -2.54. The Labute approximate surface area is 178 Å². The van der Waals surface area contributed by atoms with Crippen LogP contribution in [0.2, 0.25) is 0 Å². The van der Waals surface area contributed by atoms with Gasteiger partial charge in [0.15, 0.2) is 0 Å². The summed E-state index contributed by atoms with van der Waals surface area (Å²) in [5.41, 5.74) is 1.38. The fourth-order valence-corrected chi connectivity index (χ4v) is 4.20. The molecule has 5 rings (SSSR count). The van der Waals surface area contributed by atoms with E-state index in [0.29, 0.717) is 5.69 Å². The Bertz CT molecular complexity index is 1130. The van der Waals surface area contributed by atoms with Crippen LogP contribution in [0, 0.1) is 0 Å². The van der Waals surface area contributed by atoms with Gasteiger partial charge in [0.1, 0.15) is 11.7 Å². The van der Waals surface area contributed by atoms with Crippen molar-refractivity contribution in [3.8, 4) is 0 Å². The molecule has 1 aliphatic carbocycles. The zero-order valence-corrected chi connectivity index (χ0v) is 17.2. The fourth-order valence-electron chi connectivity index (χ4n) is 4.20. The predicted molar refractivity (Wildman–Crippen MR) is 108 cm³/mol. The molecule has 1 atom stereocenters. The maximum Gasteiger partial charge on any atom is 0.264 e. The number of nitrogens with zero attached hydrogens (tertiary/aromatic N) is 4. The van der Waals surface area contributed by atoms with Gasteiger partial charge in [-0.25, -0.2) is 4.68 Å². The van der Waals surface area contributed by atoms with E-state index in [1.807, 2.05) is 20.0 Å². The highest BCUT2D eigenvalue weighted by Gasteiger charge is 2.50. The molecule has 10 heteroatoms. The highest BCUT2D eigenvalue weighted by atomic mass is 16.2. The molecule has 4 amide bonds. The second-order valence-electron chi connectivity index (χ2n) is 8.56. The molecule has 0 bridgehead atoms. The van der Waals surface area contributed by atoms with E-state index in [-0.39, 0.29) is 30.0 Å². The Kier molecular flexibility index (Phi) is 4.21. The quantitative estimate of drug-likeness (QED) is 0.697. The van der Waals surface area contributed by atoms with Gasteiger partial charge in [-0.3, -0.25) is 29.4 Å². The molecular weight excluding hydrogens is 400 g/mol. The maximum atomic E-state index is 13.3. The number of hydrogen-bond acceptors (Lipinski definition) is 7. The van der Waals surface area contributed by atoms with Crippen LogP contribution in [0.4, 0.5) is 5.69 Å². The zero-order valence-electron chi connectivity index (χ0n) is 17.2. The van der Waals surface area contributed by atoms with Crippen LogP contribution in [0.1, 0.15) is 72.0 Å². The number of fused-ring (bicyclic) bond motifs is 1. The Morgan fingerprint density at radius 3 is 2.58 bits per heavy atom. The van der Waals surface area contributed by atoms with Gasteiger partial charge in [-0.05, 0) is 45.2 Å². The number of benzene rings is 1. The van der Waals surface area contributed by atoms with Crippen molar-refractivity contribution in [2.24, 2.45) is 0 Å². The van der Waals surface area contributed by atoms with Gasteiger partial charge in [-0.15, -0.1) is 5.10 Å². The second kappa shape index (κ2) is 6.73. The molecule has 1 saturated carbocycles. The molecule has 2 aliphatic heterocycles. The molecule has 3 heterocycles. The van der Waals surface area contributed by atoms with Gasteiger partial charge in [0.2, 0.25) is 11.8 Å². The number of imide groups is 2. The Hall–Kier alpha value is -3.56. The van der Waals surface area contributed by atoms with Gasteiger partial charge in [0.25, 0.3) is 11.8 Å². The van der Waals surface area contributed by atoms with Crippen LogP contribution in [0.15, 0.2) is 24.4 Å². The van der Waals surface area contributed by atoms with E-state index in [9.17, 15) is 19.2 Å². The first-order valence-corrected chi connectivity index (χ1v) is 10.4. The number of carbonyl (C=O) groups excluding carboxylic acids is 4. The van der Waals surface area contributed by atoms with Gasteiger partial charge < -0.3 is 5.32 Å². The molecule has 1 aromatic carbocycles. The normalized spacial score (nSPS) is 22.0. The molecule has 1 aromatic heterocycles. The number of nitrogens with one attached hydrogen (secondary N) is 2. The minimum absolute atomic E-state index is 0.0868. The monoisotopic (exact) mass is 422 g/mol. The number of piperidine rings is 1. The Balaban J connectivity index is 1.46. The third-order valence-electron chi connectivity index (χ3n) is 6.12. The van der Waals surface area contributed by atoms with Crippen LogP contribution in [0.25, 0.3) is 0 Å². The van der Waals surface area contributed by atoms with Crippen LogP contribution in [0.5, 0.6) is 0 Å². The largest absolute Gasteiger partial charge is 0.373 e. The minimum Gasteiger partial charge on any atom is -0.373 e. The third-order valence-corrected chi connectivity index (χ3v) is 6.12. The van der Waals surface area contributed by atoms with Crippen molar-refractivity contribution in [1.82, 2.24) is 25.2 Å². The molecule has 31 heavy (non-hydrogen) atoms. The maximum absolute atomic E-state index is 13.3. The molecule has 10 nitrogen and oxygen atoms in total. The number of anilines is 1. The summed E-state index contributed by atoms with van der Waals surface area (Å²) in [7, 11) is 0. The molecule has 1 saturated heterocycles. The van der Waals surface area contributed by atoms with E-state index in [2.05, 4.69) is 20.9 Å². The highest BCUT2D eigenvalue weighted by Crippen LogP contribution is 2.48. The summed E-state index contributed by atoms with van der Waals surface area (Å²) in [6.45, 7) is 4.03. The van der Waals surface area contributed by atoms with Crippen molar-refractivity contribution in [2.45, 2.75) is 57.2 Å². The Morgan fingerprint density at radius 2 is 1.94 bits per heavy atom. The topological polar surface area (TPSA) is 126 Å². The average molecular weight is 422 g/mol. The molecule has 2 aromatic rings. The lowest BCUT2D eigenvalue weighted by molar-refractivity contribution is -0.136. The van der Waals surface area contributed by atoms with E-state index in [0.717, 1.165) is 23.4 Å². The van der Waals surface area contributed by atoms with Crippen LogP contribution in [-0.2, 0) is 15.1 Å². The van der Waals surface area contributed by atoms with Crippen LogP contribution in [0.3, 0.4) is 0 Å². The summed E-state index contributed by atoms with van der Waals surface area (Å²) < 4.78 is 1.78. The van der Waals surface area contributed by atoms with Crippen molar-refractivity contribution in [2.75, 3.05) is 5.32 Å². The first-order valence-electron chi connectivity index (χ1n) is 10.4. The summed E-state index contributed by atoms with van der Waals surface area (Å²) in [6.07, 6.45) is 3.76. The second-order valence-corrected chi connectivity index (χ2v) is 8.56. The van der Waals surface area contributed by atoms with E-state index in [1.165, 1.54) is 0 Å². The summed E-state index contributed by atoms with van der Waals surface area (Å²) in [4.78, 5) is 51.0. The predicted octanol–water partition coefficient (Wildman–Crippen LogP) is 1.36. The number of rotatable bonds is 5.